The number of carbonyl (C=O) groups excluding carboxylic acids is 1. The smallest absolute Gasteiger partial charge is 0.264 e. The molecule has 0 atom stereocenters. The van der Waals surface area contributed by atoms with Crippen molar-refractivity contribution in [1.82, 2.24) is 19.3 Å². The maximum atomic E-state index is 12.4. The lowest BCUT2D eigenvalue weighted by atomic mass is 9.98. The van der Waals surface area contributed by atoms with Gasteiger partial charge in [0.05, 0.1) is 12.5 Å². The maximum Gasteiger partial charge on any atom is 0.264 e. The van der Waals surface area contributed by atoms with Crippen LogP contribution in [0.25, 0.3) is 11.0 Å². The average molecular weight is 353 g/mol. The summed E-state index contributed by atoms with van der Waals surface area (Å²) in [5.74, 6) is 0.185. The Kier molecular flexibility index (Phi) is 4.88. The number of amides is 1. The first-order valence-electron chi connectivity index (χ1n) is 8.65. The summed E-state index contributed by atoms with van der Waals surface area (Å²) in [6, 6.07) is 6.00. The van der Waals surface area contributed by atoms with Crippen molar-refractivity contribution in [2.75, 3.05) is 5.32 Å². The van der Waals surface area contributed by atoms with Gasteiger partial charge in [-0.15, -0.1) is 0 Å². The van der Waals surface area contributed by atoms with Crippen molar-refractivity contribution < 1.29 is 4.79 Å². The van der Waals surface area contributed by atoms with Gasteiger partial charge in [-0.25, -0.2) is 4.98 Å². The first kappa shape index (κ1) is 17.8. The molecule has 1 amide bonds. The van der Waals surface area contributed by atoms with Gasteiger partial charge in [0.2, 0.25) is 5.91 Å². The van der Waals surface area contributed by atoms with Crippen LogP contribution >= 0.6 is 0 Å². The molecule has 3 rings (SSSR count). The Morgan fingerprint density at radius 2 is 2.08 bits per heavy atom. The van der Waals surface area contributed by atoms with E-state index in [0.29, 0.717) is 17.0 Å². The minimum atomic E-state index is -0.185. The van der Waals surface area contributed by atoms with Gasteiger partial charge in [0.25, 0.3) is 5.56 Å². The molecule has 7 nitrogen and oxygen atoms in total. The van der Waals surface area contributed by atoms with Crippen LogP contribution in [0.1, 0.15) is 37.3 Å². The molecular formula is C19H23N5O2. The van der Waals surface area contributed by atoms with Gasteiger partial charge in [0.1, 0.15) is 5.39 Å². The largest absolute Gasteiger partial charge is 0.326 e. The molecule has 0 saturated carbocycles. The fourth-order valence-electron chi connectivity index (χ4n) is 2.99. The van der Waals surface area contributed by atoms with Crippen molar-refractivity contribution in [3.05, 3.63) is 52.2 Å². The molecule has 26 heavy (non-hydrogen) atoms. The zero-order chi connectivity index (χ0) is 18.8. The number of hydrogen-bond acceptors (Lipinski definition) is 4. The molecule has 0 bridgehead atoms. The fraction of sp³-hybridized carbons (Fsp3) is 0.368. The average Bonchev–Trinajstić information content (AvgIpc) is 2.98. The predicted octanol–water partition coefficient (Wildman–Crippen LogP) is 2.59. The number of para-hydroxylation sites is 1. The molecule has 1 N–H and O–H groups in total. The number of rotatable bonds is 5. The second-order valence-electron chi connectivity index (χ2n) is 6.74. The van der Waals surface area contributed by atoms with E-state index >= 15 is 0 Å². The van der Waals surface area contributed by atoms with Crippen molar-refractivity contribution in [2.45, 2.75) is 39.7 Å². The second kappa shape index (κ2) is 7.11. The number of anilines is 1. The summed E-state index contributed by atoms with van der Waals surface area (Å²) in [5, 5.41) is 7.50. The normalized spacial score (nSPS) is 11.3. The first-order valence-corrected chi connectivity index (χ1v) is 8.65. The highest BCUT2D eigenvalue weighted by atomic mass is 16.2. The van der Waals surface area contributed by atoms with Gasteiger partial charge in [-0.3, -0.25) is 18.8 Å². The van der Waals surface area contributed by atoms with Gasteiger partial charge < -0.3 is 5.32 Å². The lowest BCUT2D eigenvalue weighted by Crippen LogP contribution is -2.24. The molecule has 2 heterocycles. The molecule has 136 valence electrons. The number of hydrogen-bond donors (Lipinski definition) is 1. The highest BCUT2D eigenvalue weighted by Gasteiger charge is 2.13. The molecule has 1 aromatic carbocycles. The van der Waals surface area contributed by atoms with E-state index in [1.54, 1.807) is 11.7 Å². The van der Waals surface area contributed by atoms with E-state index in [0.717, 1.165) is 16.8 Å². The molecule has 0 aliphatic heterocycles. The standard InChI is InChI=1S/C19H23N5O2/c1-12(2)14-7-5-6-13(3)17(14)22-16(25)8-9-24-11-20-18-15(19(24)26)10-21-23(18)4/h5-7,10-12H,8-9H2,1-4H3,(H,22,25). The van der Waals surface area contributed by atoms with Crippen LogP contribution in [0, 0.1) is 6.92 Å². The summed E-state index contributed by atoms with van der Waals surface area (Å²) in [7, 11) is 1.74. The van der Waals surface area contributed by atoms with Crippen LogP contribution in [0.5, 0.6) is 0 Å². The molecule has 0 spiro atoms. The van der Waals surface area contributed by atoms with Crippen molar-refractivity contribution in [3.8, 4) is 0 Å². The third-order valence-corrected chi connectivity index (χ3v) is 4.49. The zero-order valence-electron chi connectivity index (χ0n) is 15.5. The van der Waals surface area contributed by atoms with E-state index in [1.807, 2.05) is 25.1 Å². The number of aromatic nitrogens is 4. The molecule has 0 aliphatic carbocycles. The Bertz CT molecular complexity index is 1020. The monoisotopic (exact) mass is 353 g/mol. The summed E-state index contributed by atoms with van der Waals surface area (Å²) in [6.07, 6.45) is 3.16. The molecule has 0 radical (unpaired) electrons. The third-order valence-electron chi connectivity index (χ3n) is 4.49. The zero-order valence-corrected chi connectivity index (χ0v) is 15.5. The van der Waals surface area contributed by atoms with Crippen molar-refractivity contribution in [1.29, 1.82) is 0 Å². The Balaban J connectivity index is 1.74. The van der Waals surface area contributed by atoms with Crippen LogP contribution in [-0.2, 0) is 18.4 Å². The van der Waals surface area contributed by atoms with Gasteiger partial charge in [-0.2, -0.15) is 5.10 Å². The number of benzene rings is 1. The summed E-state index contributed by atoms with van der Waals surface area (Å²) in [6.45, 7) is 6.44. The number of nitrogens with zero attached hydrogens (tertiary/aromatic N) is 4. The SMILES string of the molecule is Cc1cccc(C(C)C)c1NC(=O)CCn1cnc2c(cnn2C)c1=O. The minimum Gasteiger partial charge on any atom is -0.326 e. The molecule has 0 aliphatic rings. The molecular weight excluding hydrogens is 330 g/mol. The highest BCUT2D eigenvalue weighted by molar-refractivity contribution is 5.92. The number of aryl methyl sites for hydroxylation is 3. The van der Waals surface area contributed by atoms with Crippen LogP contribution in [0.15, 0.2) is 35.5 Å². The fourth-order valence-corrected chi connectivity index (χ4v) is 2.99. The third kappa shape index (κ3) is 3.37. The van der Waals surface area contributed by atoms with E-state index < -0.39 is 0 Å². The Labute approximate surface area is 151 Å². The van der Waals surface area contributed by atoms with Crippen LogP contribution in [0.3, 0.4) is 0 Å². The predicted molar refractivity (Wildman–Crippen MR) is 101 cm³/mol. The minimum absolute atomic E-state index is 0.126. The lowest BCUT2D eigenvalue weighted by Gasteiger charge is -2.16. The van der Waals surface area contributed by atoms with E-state index in [1.165, 1.54) is 17.1 Å². The van der Waals surface area contributed by atoms with Crippen molar-refractivity contribution in [3.63, 3.8) is 0 Å². The highest BCUT2D eigenvalue weighted by Crippen LogP contribution is 2.27. The van der Waals surface area contributed by atoms with Gasteiger partial charge in [0, 0.05) is 25.7 Å². The number of carbonyl (C=O) groups is 1. The molecule has 0 unspecified atom stereocenters. The van der Waals surface area contributed by atoms with E-state index in [2.05, 4.69) is 29.2 Å². The van der Waals surface area contributed by atoms with E-state index in [-0.39, 0.29) is 24.4 Å². The van der Waals surface area contributed by atoms with Crippen LogP contribution in [0.2, 0.25) is 0 Å². The van der Waals surface area contributed by atoms with Crippen molar-refractivity contribution >= 4 is 22.6 Å². The maximum absolute atomic E-state index is 12.4. The van der Waals surface area contributed by atoms with Crippen LogP contribution in [-0.4, -0.2) is 25.2 Å². The van der Waals surface area contributed by atoms with E-state index in [4.69, 9.17) is 0 Å². The Hall–Kier alpha value is -2.96. The van der Waals surface area contributed by atoms with Crippen LogP contribution < -0.4 is 10.9 Å². The molecule has 7 heteroatoms. The van der Waals surface area contributed by atoms with Gasteiger partial charge in [0.15, 0.2) is 5.65 Å². The summed E-state index contributed by atoms with van der Waals surface area (Å²) < 4.78 is 3.00. The first-order chi connectivity index (χ1) is 12.4. The topological polar surface area (TPSA) is 81.8 Å². The van der Waals surface area contributed by atoms with E-state index in [9.17, 15) is 9.59 Å². The number of fused-ring (bicyclic) bond motifs is 1. The molecule has 0 saturated heterocycles. The van der Waals surface area contributed by atoms with Gasteiger partial charge in [-0.1, -0.05) is 32.0 Å². The van der Waals surface area contributed by atoms with Gasteiger partial charge >= 0.3 is 0 Å². The molecule has 0 fully saturated rings. The Morgan fingerprint density at radius 3 is 2.81 bits per heavy atom. The second-order valence-corrected chi connectivity index (χ2v) is 6.74. The molecule has 2 aromatic heterocycles. The summed E-state index contributed by atoms with van der Waals surface area (Å²) in [5.41, 5.74) is 3.35. The van der Waals surface area contributed by atoms with Crippen LogP contribution in [0.4, 0.5) is 5.69 Å². The van der Waals surface area contributed by atoms with Crippen molar-refractivity contribution in [2.24, 2.45) is 7.05 Å². The number of nitrogens with one attached hydrogen (secondary N) is 1. The lowest BCUT2D eigenvalue weighted by molar-refractivity contribution is -0.116. The molecule has 3 aromatic rings. The Morgan fingerprint density at radius 1 is 1.31 bits per heavy atom. The summed E-state index contributed by atoms with van der Waals surface area (Å²) >= 11 is 0. The quantitative estimate of drug-likeness (QED) is 0.764. The summed E-state index contributed by atoms with van der Waals surface area (Å²) in [4.78, 5) is 29.1. The van der Waals surface area contributed by atoms with Gasteiger partial charge in [-0.05, 0) is 24.0 Å².